The molecule has 0 spiro atoms. The maximum absolute atomic E-state index is 12.5. The van der Waals surface area contributed by atoms with Crippen molar-refractivity contribution in [3.8, 4) is 5.75 Å². The van der Waals surface area contributed by atoms with Crippen molar-refractivity contribution < 1.29 is 19.4 Å². The van der Waals surface area contributed by atoms with Crippen LogP contribution in [0.4, 0.5) is 0 Å². The third kappa shape index (κ3) is 3.24. The zero-order valence-corrected chi connectivity index (χ0v) is 12.5. The van der Waals surface area contributed by atoms with E-state index in [1.54, 1.807) is 17.0 Å². The molecule has 1 aromatic carbocycles. The van der Waals surface area contributed by atoms with Crippen molar-refractivity contribution >= 4 is 11.9 Å². The second-order valence-electron chi connectivity index (χ2n) is 6.13. The molecule has 1 aromatic rings. The smallest absolute Gasteiger partial charge is 0.308 e. The second kappa shape index (κ2) is 6.38. The van der Waals surface area contributed by atoms with E-state index in [2.05, 4.69) is 0 Å². The molecule has 1 N–H and O–H groups in total. The maximum atomic E-state index is 12.5. The standard InChI is InChI=1S/C17H21NO4/c19-16(18-9-8-13(11-18)17(20)21)12-4-3-7-15(10-12)22-14-5-1-2-6-14/h3-4,7,10,13-14H,1-2,5-6,8-9,11H2,(H,20,21). The molecule has 3 rings (SSSR count). The molecule has 1 aliphatic carbocycles. The topological polar surface area (TPSA) is 66.8 Å². The van der Waals surface area contributed by atoms with E-state index in [1.165, 1.54) is 12.8 Å². The lowest BCUT2D eigenvalue weighted by Crippen LogP contribution is -2.30. The van der Waals surface area contributed by atoms with Crippen molar-refractivity contribution in [3.05, 3.63) is 29.8 Å². The lowest BCUT2D eigenvalue weighted by Gasteiger charge is -2.17. The van der Waals surface area contributed by atoms with Gasteiger partial charge in [-0.3, -0.25) is 9.59 Å². The first kappa shape index (κ1) is 14.9. The molecule has 1 saturated carbocycles. The molecule has 0 bridgehead atoms. The first-order chi connectivity index (χ1) is 10.6. The Labute approximate surface area is 129 Å². The average molecular weight is 303 g/mol. The van der Waals surface area contributed by atoms with Crippen LogP contribution in [0.15, 0.2) is 24.3 Å². The molecule has 118 valence electrons. The van der Waals surface area contributed by atoms with Crippen LogP contribution in [-0.2, 0) is 4.79 Å². The van der Waals surface area contributed by atoms with Gasteiger partial charge >= 0.3 is 5.97 Å². The van der Waals surface area contributed by atoms with Gasteiger partial charge in [0, 0.05) is 18.7 Å². The minimum absolute atomic E-state index is 0.111. The number of carboxylic acids is 1. The quantitative estimate of drug-likeness (QED) is 0.928. The summed E-state index contributed by atoms with van der Waals surface area (Å²) in [4.78, 5) is 25.1. The fraction of sp³-hybridized carbons (Fsp3) is 0.529. The van der Waals surface area contributed by atoms with Crippen LogP contribution < -0.4 is 4.74 Å². The molecule has 1 saturated heterocycles. The second-order valence-corrected chi connectivity index (χ2v) is 6.13. The number of carboxylic acid groups (broad SMARTS) is 1. The molecule has 1 aliphatic heterocycles. The molecule has 2 aliphatic rings. The van der Waals surface area contributed by atoms with Gasteiger partial charge in [-0.05, 0) is 50.3 Å². The van der Waals surface area contributed by atoms with Gasteiger partial charge < -0.3 is 14.7 Å². The van der Waals surface area contributed by atoms with Gasteiger partial charge in [0.25, 0.3) is 5.91 Å². The Hall–Kier alpha value is -2.04. The van der Waals surface area contributed by atoms with Crippen LogP contribution in [0.3, 0.4) is 0 Å². The number of likely N-dealkylation sites (tertiary alicyclic amines) is 1. The summed E-state index contributed by atoms with van der Waals surface area (Å²) in [6.07, 6.45) is 5.34. The van der Waals surface area contributed by atoms with Crippen LogP contribution in [-0.4, -0.2) is 41.1 Å². The van der Waals surface area contributed by atoms with Crippen LogP contribution >= 0.6 is 0 Å². The normalized spacial score (nSPS) is 22.0. The molecule has 1 heterocycles. The third-order valence-electron chi connectivity index (χ3n) is 4.51. The summed E-state index contributed by atoms with van der Waals surface area (Å²) in [5.41, 5.74) is 0.571. The number of carbonyl (C=O) groups excluding carboxylic acids is 1. The highest BCUT2D eigenvalue weighted by Crippen LogP contribution is 2.25. The number of hydrogen-bond donors (Lipinski definition) is 1. The number of carbonyl (C=O) groups is 2. The first-order valence-electron chi connectivity index (χ1n) is 7.92. The molecule has 0 aromatic heterocycles. The Kier molecular flexibility index (Phi) is 4.32. The number of aliphatic carboxylic acids is 1. The van der Waals surface area contributed by atoms with E-state index < -0.39 is 11.9 Å². The van der Waals surface area contributed by atoms with E-state index in [1.807, 2.05) is 12.1 Å². The Morgan fingerprint density at radius 1 is 1.18 bits per heavy atom. The van der Waals surface area contributed by atoms with Crippen molar-refractivity contribution in [1.82, 2.24) is 4.90 Å². The SMILES string of the molecule is O=C(O)C1CCN(C(=O)c2cccc(OC3CCCC3)c2)C1. The van der Waals surface area contributed by atoms with Crippen LogP contribution in [0, 0.1) is 5.92 Å². The molecule has 1 amide bonds. The average Bonchev–Trinajstić information content (AvgIpc) is 3.18. The summed E-state index contributed by atoms with van der Waals surface area (Å²) >= 11 is 0. The lowest BCUT2D eigenvalue weighted by molar-refractivity contribution is -0.141. The summed E-state index contributed by atoms with van der Waals surface area (Å²) in [6.45, 7) is 0.797. The van der Waals surface area contributed by atoms with Gasteiger partial charge in [-0.1, -0.05) is 6.07 Å². The molecule has 0 radical (unpaired) electrons. The number of rotatable bonds is 4. The summed E-state index contributed by atoms with van der Waals surface area (Å²) in [5, 5.41) is 9.03. The van der Waals surface area contributed by atoms with Gasteiger partial charge in [-0.15, -0.1) is 0 Å². The number of hydrogen-bond acceptors (Lipinski definition) is 3. The molecular weight excluding hydrogens is 282 g/mol. The van der Waals surface area contributed by atoms with Crippen LogP contribution in [0.1, 0.15) is 42.5 Å². The van der Waals surface area contributed by atoms with E-state index in [4.69, 9.17) is 9.84 Å². The van der Waals surface area contributed by atoms with Gasteiger partial charge in [-0.2, -0.15) is 0 Å². The Morgan fingerprint density at radius 3 is 2.64 bits per heavy atom. The van der Waals surface area contributed by atoms with E-state index in [0.717, 1.165) is 18.6 Å². The van der Waals surface area contributed by atoms with Crippen LogP contribution in [0.25, 0.3) is 0 Å². The zero-order chi connectivity index (χ0) is 15.5. The Bertz CT molecular complexity index is 566. The van der Waals surface area contributed by atoms with E-state index in [-0.39, 0.29) is 12.0 Å². The van der Waals surface area contributed by atoms with Crippen LogP contribution in [0.5, 0.6) is 5.75 Å². The lowest BCUT2D eigenvalue weighted by atomic mass is 10.1. The van der Waals surface area contributed by atoms with Gasteiger partial charge in [-0.25, -0.2) is 0 Å². The zero-order valence-electron chi connectivity index (χ0n) is 12.5. The fourth-order valence-electron chi connectivity index (χ4n) is 3.23. The maximum Gasteiger partial charge on any atom is 0.308 e. The monoisotopic (exact) mass is 303 g/mol. The highest BCUT2D eigenvalue weighted by atomic mass is 16.5. The molecule has 5 heteroatoms. The van der Waals surface area contributed by atoms with Gasteiger partial charge in [0.05, 0.1) is 12.0 Å². The molecule has 2 fully saturated rings. The van der Waals surface area contributed by atoms with Gasteiger partial charge in [0.1, 0.15) is 5.75 Å². The van der Waals surface area contributed by atoms with E-state index in [9.17, 15) is 9.59 Å². The highest BCUT2D eigenvalue weighted by molar-refractivity contribution is 5.95. The van der Waals surface area contributed by atoms with Gasteiger partial charge in [0.2, 0.25) is 0 Å². The Balaban J connectivity index is 1.66. The minimum Gasteiger partial charge on any atom is -0.490 e. The minimum atomic E-state index is -0.825. The summed E-state index contributed by atoms with van der Waals surface area (Å²) < 4.78 is 5.92. The summed E-state index contributed by atoms with van der Waals surface area (Å²) in [6, 6.07) is 7.23. The molecule has 1 unspecified atom stereocenters. The van der Waals surface area contributed by atoms with Gasteiger partial charge in [0.15, 0.2) is 0 Å². The predicted octanol–water partition coefficient (Wildman–Crippen LogP) is 2.55. The van der Waals surface area contributed by atoms with Crippen molar-refractivity contribution in [2.24, 2.45) is 5.92 Å². The number of benzene rings is 1. The van der Waals surface area contributed by atoms with Crippen LogP contribution in [0.2, 0.25) is 0 Å². The first-order valence-corrected chi connectivity index (χ1v) is 7.92. The Morgan fingerprint density at radius 2 is 1.95 bits per heavy atom. The fourth-order valence-corrected chi connectivity index (χ4v) is 3.23. The number of ether oxygens (including phenoxy) is 1. The molecule has 5 nitrogen and oxygen atoms in total. The van der Waals surface area contributed by atoms with E-state index >= 15 is 0 Å². The molecular formula is C17H21NO4. The third-order valence-corrected chi connectivity index (χ3v) is 4.51. The largest absolute Gasteiger partial charge is 0.490 e. The van der Waals surface area contributed by atoms with Crippen molar-refractivity contribution in [2.75, 3.05) is 13.1 Å². The van der Waals surface area contributed by atoms with E-state index in [0.29, 0.717) is 25.1 Å². The van der Waals surface area contributed by atoms with Crippen molar-refractivity contribution in [2.45, 2.75) is 38.2 Å². The highest BCUT2D eigenvalue weighted by Gasteiger charge is 2.31. The molecule has 1 atom stereocenters. The molecule has 22 heavy (non-hydrogen) atoms. The van der Waals surface area contributed by atoms with Crippen molar-refractivity contribution in [3.63, 3.8) is 0 Å². The predicted molar refractivity (Wildman–Crippen MR) is 81.0 cm³/mol. The summed E-state index contributed by atoms with van der Waals surface area (Å²) in [5.74, 6) is -0.650. The van der Waals surface area contributed by atoms with Crippen molar-refractivity contribution in [1.29, 1.82) is 0 Å². The summed E-state index contributed by atoms with van der Waals surface area (Å²) in [7, 11) is 0. The number of amides is 1. The number of nitrogens with zero attached hydrogens (tertiary/aromatic N) is 1.